The zero-order valence-corrected chi connectivity index (χ0v) is 15.1. The van der Waals surface area contributed by atoms with E-state index >= 15 is 0 Å². The molecule has 1 heterocycles. The molecule has 0 aliphatic rings. The van der Waals surface area contributed by atoms with E-state index in [1.54, 1.807) is 18.0 Å². The Kier molecular flexibility index (Phi) is 6.04. The first-order valence-electron chi connectivity index (χ1n) is 8.12. The summed E-state index contributed by atoms with van der Waals surface area (Å²) in [6, 6.07) is 4.28. The van der Waals surface area contributed by atoms with E-state index in [1.165, 1.54) is 18.3 Å². The number of hydrogen-bond acceptors (Lipinski definition) is 4. The van der Waals surface area contributed by atoms with Crippen LogP contribution in [0.25, 0.3) is 0 Å². The number of hydrogen-bond donors (Lipinski definition) is 1. The summed E-state index contributed by atoms with van der Waals surface area (Å²) >= 11 is 0. The third kappa shape index (κ3) is 5.65. The molecule has 1 amide bonds. The standard InChI is InChI=1S/C18H20F3N3O3/c1-17(2,27-3)8-9-24-11-14(10-22-24)23-16(26)13-6-4-12(5-7-13)15(25)18(19,20)21/h4-7,10-11H,8-9H2,1-3H3,(H,23,26). The normalized spacial score (nSPS) is 12.1. The minimum Gasteiger partial charge on any atom is -0.379 e. The van der Waals surface area contributed by atoms with Gasteiger partial charge in [0.05, 0.1) is 17.5 Å². The van der Waals surface area contributed by atoms with Crippen molar-refractivity contribution >= 4 is 17.4 Å². The maximum absolute atomic E-state index is 12.4. The predicted molar refractivity (Wildman–Crippen MR) is 92.7 cm³/mol. The third-order valence-electron chi connectivity index (χ3n) is 4.05. The van der Waals surface area contributed by atoms with Crippen molar-refractivity contribution in [3.63, 3.8) is 0 Å². The van der Waals surface area contributed by atoms with Gasteiger partial charge in [-0.1, -0.05) is 12.1 Å². The van der Waals surface area contributed by atoms with Gasteiger partial charge >= 0.3 is 6.18 Å². The van der Waals surface area contributed by atoms with Crippen LogP contribution in [-0.2, 0) is 11.3 Å². The number of nitrogens with one attached hydrogen (secondary N) is 1. The lowest BCUT2D eigenvalue weighted by Gasteiger charge is -2.22. The van der Waals surface area contributed by atoms with Gasteiger partial charge in [0.15, 0.2) is 0 Å². The Morgan fingerprint density at radius 1 is 1.15 bits per heavy atom. The molecule has 9 heteroatoms. The number of carbonyl (C=O) groups is 2. The highest BCUT2D eigenvalue weighted by Crippen LogP contribution is 2.22. The molecule has 2 rings (SSSR count). The fourth-order valence-electron chi connectivity index (χ4n) is 2.18. The third-order valence-corrected chi connectivity index (χ3v) is 4.05. The molecule has 1 N–H and O–H groups in total. The number of nitrogens with zero attached hydrogens (tertiary/aromatic N) is 2. The number of ketones is 1. The van der Waals surface area contributed by atoms with Crippen LogP contribution in [0.4, 0.5) is 18.9 Å². The molecule has 0 spiro atoms. The Labute approximate surface area is 154 Å². The lowest BCUT2D eigenvalue weighted by Crippen LogP contribution is -2.24. The first-order chi connectivity index (χ1) is 12.5. The summed E-state index contributed by atoms with van der Waals surface area (Å²) < 4.78 is 44.2. The van der Waals surface area contributed by atoms with E-state index in [4.69, 9.17) is 4.74 Å². The molecule has 1 aromatic heterocycles. The summed E-state index contributed by atoms with van der Waals surface area (Å²) in [7, 11) is 1.63. The van der Waals surface area contributed by atoms with Crippen molar-refractivity contribution in [2.75, 3.05) is 12.4 Å². The molecule has 0 atom stereocenters. The minimum atomic E-state index is -4.95. The van der Waals surface area contributed by atoms with E-state index in [-0.39, 0.29) is 11.2 Å². The Hall–Kier alpha value is -2.68. The van der Waals surface area contributed by atoms with Gasteiger partial charge < -0.3 is 10.1 Å². The molecule has 0 fully saturated rings. The van der Waals surface area contributed by atoms with Crippen LogP contribution < -0.4 is 5.32 Å². The summed E-state index contributed by atoms with van der Waals surface area (Å²) in [4.78, 5) is 23.3. The minimum absolute atomic E-state index is 0.127. The van der Waals surface area contributed by atoms with Crippen molar-refractivity contribution in [1.29, 1.82) is 0 Å². The van der Waals surface area contributed by atoms with E-state index in [1.807, 2.05) is 13.8 Å². The van der Waals surface area contributed by atoms with E-state index in [9.17, 15) is 22.8 Å². The molecule has 0 radical (unpaired) electrons. The van der Waals surface area contributed by atoms with Gasteiger partial charge in [0, 0.05) is 31.0 Å². The maximum Gasteiger partial charge on any atom is 0.454 e. The van der Waals surface area contributed by atoms with Crippen LogP contribution >= 0.6 is 0 Å². The van der Waals surface area contributed by atoms with Gasteiger partial charge in [-0.05, 0) is 32.4 Å². The summed E-state index contributed by atoms with van der Waals surface area (Å²) in [5.74, 6) is -2.47. The molecule has 0 aliphatic carbocycles. The van der Waals surface area contributed by atoms with Gasteiger partial charge in [0.2, 0.25) is 0 Å². The Morgan fingerprint density at radius 2 is 1.74 bits per heavy atom. The van der Waals surface area contributed by atoms with Crippen molar-refractivity contribution in [3.8, 4) is 0 Å². The SMILES string of the molecule is COC(C)(C)CCn1cc(NC(=O)c2ccc(C(=O)C(F)(F)F)cc2)cn1. The average Bonchev–Trinajstić information content (AvgIpc) is 3.06. The van der Waals surface area contributed by atoms with Crippen LogP contribution in [0, 0.1) is 0 Å². The zero-order valence-electron chi connectivity index (χ0n) is 15.1. The summed E-state index contributed by atoms with van der Waals surface area (Å²) in [6.45, 7) is 4.49. The largest absolute Gasteiger partial charge is 0.454 e. The van der Waals surface area contributed by atoms with Crippen LogP contribution in [0.5, 0.6) is 0 Å². The lowest BCUT2D eigenvalue weighted by molar-refractivity contribution is -0.0885. The van der Waals surface area contributed by atoms with Gasteiger partial charge in [0.1, 0.15) is 0 Å². The molecular weight excluding hydrogens is 363 g/mol. The van der Waals surface area contributed by atoms with Crippen molar-refractivity contribution in [2.45, 2.75) is 38.6 Å². The van der Waals surface area contributed by atoms with Gasteiger partial charge in [0.25, 0.3) is 11.7 Å². The molecule has 6 nitrogen and oxygen atoms in total. The molecule has 1 aromatic carbocycles. The average molecular weight is 383 g/mol. The number of aromatic nitrogens is 2. The number of rotatable bonds is 7. The van der Waals surface area contributed by atoms with E-state index in [0.29, 0.717) is 18.7 Å². The van der Waals surface area contributed by atoms with Gasteiger partial charge in [-0.25, -0.2) is 0 Å². The number of benzene rings is 1. The van der Waals surface area contributed by atoms with E-state index in [2.05, 4.69) is 10.4 Å². The highest BCUT2D eigenvalue weighted by molar-refractivity contribution is 6.05. The number of Topliss-reactive ketones (excluding diaryl/α,β-unsaturated/α-hetero) is 1. The second-order valence-corrected chi connectivity index (χ2v) is 6.56. The molecule has 0 saturated heterocycles. The quantitative estimate of drug-likeness (QED) is 0.740. The summed E-state index contributed by atoms with van der Waals surface area (Å²) in [5.41, 5.74) is -0.245. The molecule has 27 heavy (non-hydrogen) atoms. The van der Waals surface area contributed by atoms with Crippen molar-refractivity contribution < 1.29 is 27.5 Å². The van der Waals surface area contributed by atoms with Crippen LogP contribution in [0.3, 0.4) is 0 Å². The molecular formula is C18H20F3N3O3. The number of aryl methyl sites for hydroxylation is 1. The topological polar surface area (TPSA) is 73.2 Å². The summed E-state index contributed by atoms with van der Waals surface area (Å²) in [5, 5.41) is 6.75. The molecule has 0 unspecified atom stereocenters. The van der Waals surface area contributed by atoms with Gasteiger partial charge in [-0.3, -0.25) is 14.3 Å². The highest BCUT2D eigenvalue weighted by Gasteiger charge is 2.39. The number of carbonyl (C=O) groups excluding carboxylic acids is 2. The van der Waals surface area contributed by atoms with E-state index in [0.717, 1.165) is 12.1 Å². The molecule has 2 aromatic rings. The van der Waals surface area contributed by atoms with Gasteiger partial charge in [-0.15, -0.1) is 0 Å². The van der Waals surface area contributed by atoms with Crippen molar-refractivity contribution in [2.24, 2.45) is 0 Å². The number of ether oxygens (including phenoxy) is 1. The Bertz CT molecular complexity index is 811. The van der Waals surface area contributed by atoms with Crippen LogP contribution in [0.15, 0.2) is 36.7 Å². The number of halogens is 3. The second-order valence-electron chi connectivity index (χ2n) is 6.56. The summed E-state index contributed by atoms with van der Waals surface area (Å²) in [6.07, 6.45) is -1.12. The van der Waals surface area contributed by atoms with Crippen LogP contribution in [0.2, 0.25) is 0 Å². The highest BCUT2D eigenvalue weighted by atomic mass is 19.4. The zero-order chi connectivity index (χ0) is 20.2. The molecule has 0 saturated carbocycles. The van der Waals surface area contributed by atoms with Gasteiger partial charge in [-0.2, -0.15) is 18.3 Å². The number of alkyl halides is 3. The fraction of sp³-hybridized carbons (Fsp3) is 0.389. The smallest absolute Gasteiger partial charge is 0.379 e. The van der Waals surface area contributed by atoms with Crippen LogP contribution in [0.1, 0.15) is 41.0 Å². The Morgan fingerprint density at radius 3 is 2.30 bits per heavy atom. The molecule has 0 bridgehead atoms. The second kappa shape index (κ2) is 7.91. The monoisotopic (exact) mass is 383 g/mol. The first-order valence-corrected chi connectivity index (χ1v) is 8.12. The maximum atomic E-state index is 12.4. The Balaban J connectivity index is 1.98. The first kappa shape index (κ1) is 20.6. The van der Waals surface area contributed by atoms with Crippen LogP contribution in [-0.4, -0.2) is 40.4 Å². The lowest BCUT2D eigenvalue weighted by atomic mass is 10.1. The fourth-order valence-corrected chi connectivity index (χ4v) is 2.18. The number of methoxy groups -OCH3 is 1. The van der Waals surface area contributed by atoms with Crippen molar-refractivity contribution in [3.05, 3.63) is 47.8 Å². The number of amides is 1. The van der Waals surface area contributed by atoms with Crippen molar-refractivity contribution in [1.82, 2.24) is 9.78 Å². The van der Waals surface area contributed by atoms with E-state index < -0.39 is 23.4 Å². The number of anilines is 1. The molecule has 146 valence electrons. The predicted octanol–water partition coefficient (Wildman–Crippen LogP) is 3.70. The molecule has 0 aliphatic heterocycles.